The minimum absolute atomic E-state index is 0.110. The molecule has 1 aromatic heterocycles. The van der Waals surface area contributed by atoms with Gasteiger partial charge < -0.3 is 25.3 Å². The van der Waals surface area contributed by atoms with E-state index in [0.29, 0.717) is 47.2 Å². The van der Waals surface area contributed by atoms with Gasteiger partial charge >= 0.3 is 5.97 Å². The van der Waals surface area contributed by atoms with E-state index in [-0.39, 0.29) is 18.9 Å². The molecular weight excluding hydrogens is 456 g/mol. The van der Waals surface area contributed by atoms with E-state index in [0.717, 1.165) is 34.9 Å². The Morgan fingerprint density at radius 2 is 1.89 bits per heavy atom. The van der Waals surface area contributed by atoms with Crippen LogP contribution in [-0.4, -0.2) is 23.5 Å². The molecule has 1 saturated carbocycles. The molecule has 1 heterocycles. The minimum atomic E-state index is -0.924. The van der Waals surface area contributed by atoms with Crippen LogP contribution in [0.2, 0.25) is 0 Å². The molecule has 1 aliphatic carbocycles. The quantitative estimate of drug-likeness (QED) is 0.295. The molecule has 0 spiro atoms. The minimum Gasteiger partial charge on any atom is -0.485 e. The Hall–Kier alpha value is -4.10. The number of rotatable bonds is 10. The van der Waals surface area contributed by atoms with Crippen LogP contribution in [0.3, 0.4) is 0 Å². The van der Waals surface area contributed by atoms with Crippen molar-refractivity contribution in [1.82, 2.24) is 5.32 Å². The Kier molecular flexibility index (Phi) is 6.73. The summed E-state index contributed by atoms with van der Waals surface area (Å²) >= 11 is 0. The smallest absolute Gasteiger partial charge is 0.307 e. The van der Waals surface area contributed by atoms with Crippen molar-refractivity contribution in [2.75, 3.05) is 6.54 Å². The first-order valence-corrected chi connectivity index (χ1v) is 12.1. The second-order valence-electron chi connectivity index (χ2n) is 9.18. The molecule has 7 heteroatoms. The Labute approximate surface area is 208 Å². The van der Waals surface area contributed by atoms with Crippen molar-refractivity contribution in [2.45, 2.75) is 32.4 Å². The molecule has 1 aliphatic rings. The third-order valence-electron chi connectivity index (χ3n) is 6.34. The fourth-order valence-electron chi connectivity index (χ4n) is 4.25. The molecule has 3 aromatic carbocycles. The van der Waals surface area contributed by atoms with Crippen LogP contribution in [0.25, 0.3) is 22.1 Å². The van der Waals surface area contributed by atoms with E-state index in [4.69, 9.17) is 14.9 Å². The SMILES string of the molecule is NCc1cccc(-c2cc(C(=O)NCC3CC3)cc3cc(COc4ccccc4CC(=O)O)oc23)c1. The van der Waals surface area contributed by atoms with Gasteiger partial charge in [-0.05, 0) is 60.2 Å². The summed E-state index contributed by atoms with van der Waals surface area (Å²) in [6.07, 6.45) is 2.20. The van der Waals surface area contributed by atoms with Crippen molar-refractivity contribution in [3.63, 3.8) is 0 Å². The maximum Gasteiger partial charge on any atom is 0.307 e. The molecule has 4 aromatic rings. The lowest BCUT2D eigenvalue weighted by Crippen LogP contribution is -2.25. The van der Waals surface area contributed by atoms with Crippen LogP contribution in [0, 0.1) is 5.92 Å². The van der Waals surface area contributed by atoms with Gasteiger partial charge in [0.15, 0.2) is 0 Å². The van der Waals surface area contributed by atoms with Gasteiger partial charge in [-0.2, -0.15) is 0 Å². The first kappa shape index (κ1) is 23.6. The summed E-state index contributed by atoms with van der Waals surface area (Å²) in [5, 5.41) is 13.0. The summed E-state index contributed by atoms with van der Waals surface area (Å²) in [5.41, 5.74) is 10.4. The van der Waals surface area contributed by atoms with Gasteiger partial charge in [-0.1, -0.05) is 36.4 Å². The number of nitrogens with two attached hydrogens (primary N) is 1. The molecule has 0 unspecified atom stereocenters. The fraction of sp³-hybridized carbons (Fsp3) is 0.241. The molecule has 1 amide bonds. The van der Waals surface area contributed by atoms with Gasteiger partial charge in [-0.3, -0.25) is 9.59 Å². The van der Waals surface area contributed by atoms with Crippen molar-refractivity contribution in [1.29, 1.82) is 0 Å². The highest BCUT2D eigenvalue weighted by atomic mass is 16.5. The van der Waals surface area contributed by atoms with Crippen LogP contribution in [0.4, 0.5) is 0 Å². The van der Waals surface area contributed by atoms with E-state index in [1.165, 1.54) is 0 Å². The summed E-state index contributed by atoms with van der Waals surface area (Å²) in [6, 6.07) is 20.5. The van der Waals surface area contributed by atoms with E-state index in [2.05, 4.69) is 5.32 Å². The first-order valence-electron chi connectivity index (χ1n) is 12.1. The van der Waals surface area contributed by atoms with Gasteiger partial charge in [0.1, 0.15) is 23.7 Å². The summed E-state index contributed by atoms with van der Waals surface area (Å²) in [7, 11) is 0. The lowest BCUT2D eigenvalue weighted by Gasteiger charge is -2.10. The molecule has 0 bridgehead atoms. The predicted molar refractivity (Wildman–Crippen MR) is 137 cm³/mol. The van der Waals surface area contributed by atoms with Gasteiger partial charge in [0.25, 0.3) is 5.91 Å². The van der Waals surface area contributed by atoms with Gasteiger partial charge in [-0.25, -0.2) is 0 Å². The van der Waals surface area contributed by atoms with E-state index in [1.807, 2.05) is 42.5 Å². The molecule has 7 nitrogen and oxygen atoms in total. The molecule has 0 aliphatic heterocycles. The van der Waals surface area contributed by atoms with E-state index < -0.39 is 5.97 Å². The Balaban J connectivity index is 1.48. The lowest BCUT2D eigenvalue weighted by atomic mass is 9.98. The average molecular weight is 485 g/mol. The molecule has 0 radical (unpaired) electrons. The zero-order valence-corrected chi connectivity index (χ0v) is 19.8. The molecule has 4 N–H and O–H groups in total. The standard InChI is InChI=1S/C29H28N2O5/c30-15-19-4-3-6-20(10-19)25-13-23(29(34)31-16-18-8-9-18)11-22-12-24(36-28(22)25)17-35-26-7-2-1-5-21(26)14-27(32)33/h1-7,10-13,18H,8-9,14-17,30H2,(H,31,34)(H,32,33). The van der Waals surface area contributed by atoms with Crippen LogP contribution in [0.1, 0.15) is 40.1 Å². The highest BCUT2D eigenvalue weighted by Gasteiger charge is 2.23. The number of ether oxygens (including phenoxy) is 1. The molecule has 184 valence electrons. The molecular formula is C29H28N2O5. The van der Waals surface area contributed by atoms with Gasteiger partial charge in [0, 0.05) is 35.2 Å². The highest BCUT2D eigenvalue weighted by Crippen LogP contribution is 2.34. The number of fused-ring (bicyclic) bond motifs is 1. The fourth-order valence-corrected chi connectivity index (χ4v) is 4.25. The number of benzene rings is 3. The number of carboxylic acid groups (broad SMARTS) is 1. The lowest BCUT2D eigenvalue weighted by molar-refractivity contribution is -0.136. The summed E-state index contributed by atoms with van der Waals surface area (Å²) < 4.78 is 12.1. The average Bonchev–Trinajstić information content (AvgIpc) is 3.62. The monoisotopic (exact) mass is 484 g/mol. The first-order chi connectivity index (χ1) is 17.5. The third kappa shape index (κ3) is 5.42. The van der Waals surface area contributed by atoms with E-state index in [1.54, 1.807) is 24.3 Å². The van der Waals surface area contributed by atoms with E-state index >= 15 is 0 Å². The van der Waals surface area contributed by atoms with Crippen molar-refractivity contribution >= 4 is 22.8 Å². The zero-order chi connectivity index (χ0) is 25.1. The van der Waals surface area contributed by atoms with Gasteiger partial charge in [-0.15, -0.1) is 0 Å². The maximum absolute atomic E-state index is 12.9. The van der Waals surface area contributed by atoms with E-state index in [9.17, 15) is 14.7 Å². The summed E-state index contributed by atoms with van der Waals surface area (Å²) in [5.74, 6) is 0.617. The van der Waals surface area contributed by atoms with Crippen molar-refractivity contribution in [3.8, 4) is 16.9 Å². The van der Waals surface area contributed by atoms with Crippen LogP contribution in [-0.2, 0) is 24.4 Å². The number of amides is 1. The van der Waals surface area contributed by atoms with Crippen molar-refractivity contribution < 1.29 is 23.8 Å². The molecule has 36 heavy (non-hydrogen) atoms. The third-order valence-corrected chi connectivity index (χ3v) is 6.34. The molecule has 0 atom stereocenters. The van der Waals surface area contributed by atoms with Crippen LogP contribution in [0.5, 0.6) is 5.75 Å². The summed E-state index contributed by atoms with van der Waals surface area (Å²) in [4.78, 5) is 24.1. The number of nitrogens with one attached hydrogen (secondary N) is 1. The number of carboxylic acids is 1. The number of aliphatic carboxylic acids is 1. The number of hydrogen-bond donors (Lipinski definition) is 3. The Morgan fingerprint density at radius 1 is 1.06 bits per heavy atom. The van der Waals surface area contributed by atoms with Crippen LogP contribution < -0.4 is 15.8 Å². The van der Waals surface area contributed by atoms with Gasteiger partial charge in [0.05, 0.1) is 6.42 Å². The molecule has 1 fully saturated rings. The van der Waals surface area contributed by atoms with Crippen molar-refractivity contribution in [2.24, 2.45) is 11.7 Å². The second kappa shape index (κ2) is 10.3. The molecule has 0 saturated heterocycles. The number of para-hydroxylation sites is 1. The number of carbonyl (C=O) groups is 2. The molecule has 5 rings (SSSR count). The highest BCUT2D eigenvalue weighted by molar-refractivity contribution is 6.03. The summed E-state index contributed by atoms with van der Waals surface area (Å²) in [6.45, 7) is 1.22. The predicted octanol–water partition coefficient (Wildman–Crippen LogP) is 4.90. The normalized spacial score (nSPS) is 13.0. The number of carbonyl (C=O) groups excluding carboxylic acids is 1. The van der Waals surface area contributed by atoms with Gasteiger partial charge in [0.2, 0.25) is 0 Å². The topological polar surface area (TPSA) is 115 Å². The maximum atomic E-state index is 12.9. The Bertz CT molecular complexity index is 1420. The van der Waals surface area contributed by atoms with Crippen LogP contribution in [0.15, 0.2) is 71.1 Å². The van der Waals surface area contributed by atoms with Crippen LogP contribution >= 0.6 is 0 Å². The van der Waals surface area contributed by atoms with Crippen molar-refractivity contribution in [3.05, 3.63) is 89.2 Å². The zero-order valence-electron chi connectivity index (χ0n) is 19.8. The Morgan fingerprint density at radius 3 is 2.67 bits per heavy atom. The number of hydrogen-bond acceptors (Lipinski definition) is 5. The largest absolute Gasteiger partial charge is 0.485 e. The second-order valence-corrected chi connectivity index (χ2v) is 9.18. The number of furan rings is 1.